The van der Waals surface area contributed by atoms with Crippen molar-refractivity contribution in [2.45, 2.75) is 115 Å². The highest BCUT2D eigenvalue weighted by molar-refractivity contribution is 5.77. The molecule has 0 amide bonds. The highest BCUT2D eigenvalue weighted by Gasteiger charge is 2.63. The number of carbonyl (C=O) groups is 5. The summed E-state index contributed by atoms with van der Waals surface area (Å²) in [6.07, 6.45) is 3.68. The molecule has 47 heavy (non-hydrogen) atoms. The van der Waals surface area contributed by atoms with Gasteiger partial charge in [-0.1, -0.05) is 18.9 Å². The Morgan fingerprint density at radius 2 is 1.53 bits per heavy atom. The van der Waals surface area contributed by atoms with E-state index in [1.165, 1.54) is 12.5 Å². The Labute approximate surface area is 274 Å². The minimum Gasteiger partial charge on any atom is -0.467 e. The fourth-order valence-corrected chi connectivity index (χ4v) is 8.62. The summed E-state index contributed by atoms with van der Waals surface area (Å²) in [6, 6.07) is 5.71. The number of benzene rings is 1. The van der Waals surface area contributed by atoms with Crippen LogP contribution in [0.3, 0.4) is 0 Å². The van der Waals surface area contributed by atoms with Crippen molar-refractivity contribution >= 4 is 29.8 Å². The van der Waals surface area contributed by atoms with Crippen molar-refractivity contribution in [1.29, 1.82) is 0 Å². The van der Waals surface area contributed by atoms with E-state index in [-0.39, 0.29) is 17.3 Å². The second-order valence-electron chi connectivity index (χ2n) is 13.1. The lowest BCUT2D eigenvalue weighted by molar-refractivity contribution is -0.282. The summed E-state index contributed by atoms with van der Waals surface area (Å²) < 4.78 is 39.1. The quantitative estimate of drug-likeness (QED) is 0.240. The van der Waals surface area contributed by atoms with Gasteiger partial charge in [0.05, 0.1) is 7.11 Å². The minimum absolute atomic E-state index is 0.290. The van der Waals surface area contributed by atoms with Crippen molar-refractivity contribution < 1.29 is 57.1 Å². The van der Waals surface area contributed by atoms with Gasteiger partial charge in [0.1, 0.15) is 5.75 Å². The van der Waals surface area contributed by atoms with Crippen molar-refractivity contribution in [2.75, 3.05) is 7.11 Å². The molecule has 5 rings (SSSR count). The summed E-state index contributed by atoms with van der Waals surface area (Å²) in [4.78, 5) is 61.1. The van der Waals surface area contributed by atoms with Crippen molar-refractivity contribution in [2.24, 2.45) is 17.3 Å². The fourth-order valence-electron chi connectivity index (χ4n) is 8.62. The number of ether oxygens (including phenoxy) is 7. The molecule has 12 nitrogen and oxygen atoms in total. The van der Waals surface area contributed by atoms with Gasteiger partial charge in [-0.05, 0) is 79.5 Å². The SMILES string of the molecule is C#C[C@@]1(OC(C)=O)CC[C@H]2[C@@H]3CCc4cc(O[C@@H]5O[C@H](C(=O)OC)[C@@H](OC(C)=O)[C@H](OC(C)=O)[C@H]5OC(C)=O)ccc4[C@H]3CC[C@@]21C. The van der Waals surface area contributed by atoms with Gasteiger partial charge in [-0.25, -0.2) is 4.79 Å². The first-order valence-electron chi connectivity index (χ1n) is 16.0. The Bertz CT molecular complexity index is 1480. The largest absolute Gasteiger partial charge is 0.467 e. The number of aryl methyl sites for hydroxylation is 1. The van der Waals surface area contributed by atoms with Gasteiger partial charge in [0, 0.05) is 33.1 Å². The van der Waals surface area contributed by atoms with Crippen LogP contribution in [0.1, 0.15) is 83.8 Å². The molecule has 0 bridgehead atoms. The van der Waals surface area contributed by atoms with Crippen molar-refractivity contribution in [3.63, 3.8) is 0 Å². The monoisotopic (exact) mass is 654 g/mol. The van der Waals surface area contributed by atoms with Crippen LogP contribution >= 0.6 is 0 Å². The summed E-state index contributed by atoms with van der Waals surface area (Å²) in [5.74, 6) is 0.676. The Morgan fingerprint density at radius 3 is 2.15 bits per heavy atom. The molecule has 254 valence electrons. The summed E-state index contributed by atoms with van der Waals surface area (Å²) in [5, 5.41) is 0. The summed E-state index contributed by atoms with van der Waals surface area (Å²) in [6.45, 7) is 6.99. The summed E-state index contributed by atoms with van der Waals surface area (Å²) >= 11 is 0. The first-order valence-corrected chi connectivity index (χ1v) is 16.0. The van der Waals surface area contributed by atoms with E-state index in [1.54, 1.807) is 6.07 Å². The van der Waals surface area contributed by atoms with E-state index < -0.39 is 60.2 Å². The maximum absolute atomic E-state index is 12.8. The zero-order chi connectivity index (χ0) is 34.3. The molecular weight excluding hydrogens is 612 g/mol. The molecule has 1 aliphatic heterocycles. The number of fused-ring (bicyclic) bond motifs is 5. The zero-order valence-electron chi connectivity index (χ0n) is 27.6. The van der Waals surface area contributed by atoms with Crippen LogP contribution < -0.4 is 4.74 Å². The molecule has 3 fully saturated rings. The second-order valence-corrected chi connectivity index (χ2v) is 13.1. The highest BCUT2D eigenvalue weighted by Crippen LogP contribution is 2.65. The van der Waals surface area contributed by atoms with Crippen LogP contribution in [-0.2, 0) is 58.8 Å². The highest BCUT2D eigenvalue weighted by atomic mass is 16.7. The minimum atomic E-state index is -1.55. The summed E-state index contributed by atoms with van der Waals surface area (Å²) in [5.41, 5.74) is 1.10. The standard InChI is InChI=1S/C35H42O12/c1-8-35(47-21(5)39)16-14-27-26-11-9-22-17-23(10-12-24(22)25(26)13-15-34(27,35)6)45-33-31(44-20(4)38)29(43-19(3)37)28(42-18(2)36)30(46-33)32(40)41-7/h1,10,12,17,25-31,33H,9,11,13-16H2,2-7H3/t25-,26-,27+,28+,29+,30+,31-,33-,34+,35-/m1/s1. The molecule has 0 unspecified atom stereocenters. The number of hydrogen-bond donors (Lipinski definition) is 0. The Morgan fingerprint density at radius 1 is 0.872 bits per heavy atom. The zero-order valence-corrected chi connectivity index (χ0v) is 27.6. The van der Waals surface area contributed by atoms with E-state index in [9.17, 15) is 24.0 Å². The third-order valence-electron chi connectivity index (χ3n) is 10.5. The molecule has 1 saturated heterocycles. The Balaban J connectivity index is 1.42. The van der Waals surface area contributed by atoms with Gasteiger partial charge in [0.15, 0.2) is 23.9 Å². The molecule has 0 N–H and O–H groups in total. The molecule has 1 aromatic rings. The molecule has 2 saturated carbocycles. The van der Waals surface area contributed by atoms with Crippen molar-refractivity contribution in [3.8, 4) is 18.1 Å². The van der Waals surface area contributed by atoms with E-state index in [0.717, 1.165) is 65.5 Å². The first-order chi connectivity index (χ1) is 22.2. The van der Waals surface area contributed by atoms with E-state index in [0.29, 0.717) is 24.0 Å². The van der Waals surface area contributed by atoms with Gasteiger partial charge < -0.3 is 33.2 Å². The molecule has 10 atom stereocenters. The third kappa shape index (κ3) is 6.30. The second kappa shape index (κ2) is 13.2. The van der Waals surface area contributed by atoms with Crippen LogP contribution in [0, 0.1) is 29.6 Å². The molecule has 0 aromatic heterocycles. The van der Waals surface area contributed by atoms with Crippen molar-refractivity contribution in [3.05, 3.63) is 29.3 Å². The van der Waals surface area contributed by atoms with E-state index >= 15 is 0 Å². The van der Waals surface area contributed by atoms with Gasteiger partial charge in [0.25, 0.3) is 0 Å². The maximum atomic E-state index is 12.8. The molecule has 4 aliphatic rings. The molecule has 12 heteroatoms. The lowest BCUT2D eigenvalue weighted by Crippen LogP contribution is -2.64. The molecular formula is C35H42O12. The fraction of sp³-hybridized carbons (Fsp3) is 0.629. The normalized spacial score (nSPS) is 35.4. The number of esters is 5. The average molecular weight is 655 g/mol. The van der Waals surface area contributed by atoms with Gasteiger partial charge in [0.2, 0.25) is 12.4 Å². The van der Waals surface area contributed by atoms with Crippen LogP contribution in [-0.4, -0.2) is 73.3 Å². The van der Waals surface area contributed by atoms with Crippen LogP contribution in [0.15, 0.2) is 18.2 Å². The lowest BCUT2D eigenvalue weighted by Gasteiger charge is -2.52. The molecule has 0 radical (unpaired) electrons. The molecule has 1 aromatic carbocycles. The van der Waals surface area contributed by atoms with Gasteiger partial charge in [-0.2, -0.15) is 0 Å². The number of hydrogen-bond acceptors (Lipinski definition) is 12. The molecule has 0 spiro atoms. The number of terminal acetylenes is 1. The maximum Gasteiger partial charge on any atom is 0.339 e. The predicted molar refractivity (Wildman–Crippen MR) is 162 cm³/mol. The van der Waals surface area contributed by atoms with Gasteiger partial charge >= 0.3 is 29.8 Å². The third-order valence-corrected chi connectivity index (χ3v) is 10.5. The van der Waals surface area contributed by atoms with E-state index in [2.05, 4.69) is 12.8 Å². The predicted octanol–water partition coefficient (Wildman–Crippen LogP) is 3.55. The van der Waals surface area contributed by atoms with Crippen molar-refractivity contribution in [1.82, 2.24) is 0 Å². The first kappa shape index (κ1) is 34.2. The Kier molecular flexibility index (Phi) is 9.60. The number of methoxy groups -OCH3 is 1. The topological polar surface area (TPSA) is 150 Å². The smallest absolute Gasteiger partial charge is 0.339 e. The molecule has 3 aliphatic carbocycles. The van der Waals surface area contributed by atoms with Crippen LogP contribution in [0.4, 0.5) is 0 Å². The van der Waals surface area contributed by atoms with Crippen LogP contribution in [0.2, 0.25) is 0 Å². The lowest BCUT2D eigenvalue weighted by atomic mass is 9.53. The number of rotatable bonds is 7. The average Bonchev–Trinajstić information content (AvgIpc) is 3.30. The van der Waals surface area contributed by atoms with Gasteiger partial charge in [-0.15, -0.1) is 6.42 Å². The van der Waals surface area contributed by atoms with Crippen LogP contribution in [0.25, 0.3) is 0 Å². The van der Waals surface area contributed by atoms with Gasteiger partial charge in [-0.3, -0.25) is 19.2 Å². The summed E-state index contributed by atoms with van der Waals surface area (Å²) in [7, 11) is 1.13. The Hall–Kier alpha value is -4.11. The van der Waals surface area contributed by atoms with Crippen LogP contribution in [0.5, 0.6) is 5.75 Å². The molecule has 1 heterocycles. The number of carbonyl (C=O) groups excluding carboxylic acids is 5. The van der Waals surface area contributed by atoms with E-state index in [1.807, 2.05) is 12.1 Å². The van der Waals surface area contributed by atoms with E-state index in [4.69, 9.17) is 39.6 Å².